The van der Waals surface area contributed by atoms with Gasteiger partial charge in [0.25, 0.3) is 0 Å². The Kier molecular flexibility index (Phi) is 2.35. The van der Waals surface area contributed by atoms with Gasteiger partial charge in [-0.3, -0.25) is 0 Å². The average molecular weight is 120 g/mol. The first kappa shape index (κ1) is 6.38. The Morgan fingerprint density at radius 3 is 3.22 bits per heavy atom. The summed E-state index contributed by atoms with van der Waals surface area (Å²) in [6.07, 6.45) is 10.7. The molecule has 0 spiro atoms. The summed E-state index contributed by atoms with van der Waals surface area (Å²) in [5.41, 5.74) is 3.08. The highest BCUT2D eigenvalue weighted by atomic mass is 14.0. The number of rotatable bonds is 0. The summed E-state index contributed by atoms with van der Waals surface area (Å²) in [5, 5.41) is 0. The lowest BCUT2D eigenvalue weighted by Gasteiger charge is -2.03. The minimum Gasteiger partial charge on any atom is -0.125 e. The molecule has 0 saturated heterocycles. The predicted octanol–water partition coefficient (Wildman–Crippen LogP) is 2.68. The maximum absolute atomic E-state index is 3.08. The maximum atomic E-state index is 3.08. The second-order valence-electron chi connectivity index (χ2n) is 2.54. The van der Waals surface area contributed by atoms with Gasteiger partial charge >= 0.3 is 0 Å². The van der Waals surface area contributed by atoms with E-state index in [1.807, 2.05) is 6.08 Å². The SMILES string of the molecule is CC1CC=C=C/C=C\C1. The van der Waals surface area contributed by atoms with Crippen molar-refractivity contribution in [3.05, 3.63) is 30.0 Å². The van der Waals surface area contributed by atoms with E-state index in [9.17, 15) is 0 Å². The summed E-state index contributed by atoms with van der Waals surface area (Å²) < 4.78 is 0. The summed E-state index contributed by atoms with van der Waals surface area (Å²) in [6, 6.07) is 0. The Morgan fingerprint density at radius 1 is 1.44 bits per heavy atom. The van der Waals surface area contributed by atoms with Crippen LogP contribution in [0, 0.1) is 5.92 Å². The van der Waals surface area contributed by atoms with Crippen LogP contribution in [0.5, 0.6) is 0 Å². The maximum Gasteiger partial charge on any atom is -0.0206 e. The highest BCUT2D eigenvalue weighted by Crippen LogP contribution is 2.09. The third-order valence-corrected chi connectivity index (χ3v) is 1.51. The van der Waals surface area contributed by atoms with E-state index in [1.165, 1.54) is 12.8 Å². The molecule has 0 aromatic carbocycles. The molecule has 0 heterocycles. The summed E-state index contributed by atoms with van der Waals surface area (Å²) in [6.45, 7) is 2.26. The van der Waals surface area contributed by atoms with E-state index in [-0.39, 0.29) is 0 Å². The van der Waals surface area contributed by atoms with E-state index in [4.69, 9.17) is 0 Å². The third kappa shape index (κ3) is 2.34. The van der Waals surface area contributed by atoms with Crippen molar-refractivity contribution in [2.45, 2.75) is 19.8 Å². The van der Waals surface area contributed by atoms with Gasteiger partial charge < -0.3 is 0 Å². The van der Waals surface area contributed by atoms with E-state index in [1.54, 1.807) is 0 Å². The van der Waals surface area contributed by atoms with Crippen molar-refractivity contribution in [1.82, 2.24) is 0 Å². The fourth-order valence-corrected chi connectivity index (χ4v) is 0.868. The molecule has 0 aliphatic heterocycles. The molecule has 0 fully saturated rings. The standard InChI is InChI=1S/C9H12/c1-9-7-5-3-2-4-6-8-9/h2-3,5-6,9H,7-8H2,1H3/b5-3-. The average Bonchev–Trinajstić information content (AvgIpc) is 1.79. The normalized spacial score (nSPS) is 29.2. The first-order valence-electron chi connectivity index (χ1n) is 3.45. The van der Waals surface area contributed by atoms with E-state index < -0.39 is 0 Å². The van der Waals surface area contributed by atoms with Gasteiger partial charge in [-0.1, -0.05) is 19.1 Å². The first-order chi connectivity index (χ1) is 4.39. The molecule has 1 rings (SSSR count). The Labute approximate surface area is 56.6 Å². The summed E-state index contributed by atoms with van der Waals surface area (Å²) >= 11 is 0. The zero-order chi connectivity index (χ0) is 6.53. The summed E-state index contributed by atoms with van der Waals surface area (Å²) in [4.78, 5) is 0. The van der Waals surface area contributed by atoms with E-state index in [2.05, 4.69) is 30.9 Å². The second kappa shape index (κ2) is 3.32. The molecule has 1 unspecified atom stereocenters. The fraction of sp³-hybridized carbons (Fsp3) is 0.444. The zero-order valence-corrected chi connectivity index (χ0v) is 5.80. The highest BCUT2D eigenvalue weighted by molar-refractivity contribution is 5.04. The lowest BCUT2D eigenvalue weighted by atomic mass is 10.0. The number of allylic oxidation sites excluding steroid dienone is 3. The molecule has 0 aromatic rings. The molecule has 1 aliphatic carbocycles. The lowest BCUT2D eigenvalue weighted by Crippen LogP contribution is -1.89. The van der Waals surface area contributed by atoms with Gasteiger partial charge in [0, 0.05) is 0 Å². The minimum atomic E-state index is 0.794. The van der Waals surface area contributed by atoms with Crippen molar-refractivity contribution in [2.75, 3.05) is 0 Å². The lowest BCUT2D eigenvalue weighted by molar-refractivity contribution is 0.602. The van der Waals surface area contributed by atoms with Crippen LogP contribution in [0.3, 0.4) is 0 Å². The Hall–Kier alpha value is -0.740. The molecule has 0 aromatic heterocycles. The largest absolute Gasteiger partial charge is 0.125 e. The molecule has 0 saturated carbocycles. The number of hydrogen-bond donors (Lipinski definition) is 0. The third-order valence-electron chi connectivity index (χ3n) is 1.51. The van der Waals surface area contributed by atoms with E-state index in [0.29, 0.717) is 0 Å². The van der Waals surface area contributed by atoms with Crippen molar-refractivity contribution in [2.24, 2.45) is 5.92 Å². The van der Waals surface area contributed by atoms with Crippen LogP contribution in [0.15, 0.2) is 30.0 Å². The second-order valence-corrected chi connectivity index (χ2v) is 2.54. The van der Waals surface area contributed by atoms with Crippen molar-refractivity contribution >= 4 is 0 Å². The molecule has 9 heavy (non-hydrogen) atoms. The molecule has 48 valence electrons. The smallest absolute Gasteiger partial charge is 0.0206 e. The van der Waals surface area contributed by atoms with E-state index in [0.717, 1.165) is 5.92 Å². The van der Waals surface area contributed by atoms with Crippen molar-refractivity contribution < 1.29 is 0 Å². The molecule has 0 bridgehead atoms. The van der Waals surface area contributed by atoms with Gasteiger partial charge in [-0.25, -0.2) is 0 Å². The Bertz CT molecular complexity index is 157. The Morgan fingerprint density at radius 2 is 2.33 bits per heavy atom. The fourth-order valence-electron chi connectivity index (χ4n) is 0.868. The van der Waals surface area contributed by atoms with Crippen molar-refractivity contribution in [3.8, 4) is 0 Å². The molecule has 1 aliphatic rings. The van der Waals surface area contributed by atoms with Crippen LogP contribution in [0.4, 0.5) is 0 Å². The molecule has 0 N–H and O–H groups in total. The monoisotopic (exact) mass is 120 g/mol. The highest BCUT2D eigenvalue weighted by Gasteiger charge is 1.95. The molecule has 0 amide bonds. The molecule has 0 radical (unpaired) electrons. The van der Waals surface area contributed by atoms with Crippen LogP contribution in [0.2, 0.25) is 0 Å². The van der Waals surface area contributed by atoms with E-state index >= 15 is 0 Å². The molecular formula is C9H12. The zero-order valence-electron chi connectivity index (χ0n) is 5.80. The van der Waals surface area contributed by atoms with Crippen LogP contribution in [0.25, 0.3) is 0 Å². The summed E-state index contributed by atoms with van der Waals surface area (Å²) in [5.74, 6) is 0.794. The van der Waals surface area contributed by atoms with Gasteiger partial charge in [0.05, 0.1) is 0 Å². The van der Waals surface area contributed by atoms with Crippen LogP contribution in [-0.4, -0.2) is 0 Å². The minimum absolute atomic E-state index is 0.794. The molecule has 1 atom stereocenters. The van der Waals surface area contributed by atoms with Gasteiger partial charge in [0.15, 0.2) is 0 Å². The predicted molar refractivity (Wildman–Crippen MR) is 40.2 cm³/mol. The summed E-state index contributed by atoms with van der Waals surface area (Å²) in [7, 11) is 0. The van der Waals surface area contributed by atoms with Crippen LogP contribution in [-0.2, 0) is 0 Å². The molecule has 0 nitrogen and oxygen atoms in total. The van der Waals surface area contributed by atoms with Crippen molar-refractivity contribution in [3.63, 3.8) is 0 Å². The van der Waals surface area contributed by atoms with Crippen LogP contribution < -0.4 is 0 Å². The topological polar surface area (TPSA) is 0 Å². The van der Waals surface area contributed by atoms with Crippen LogP contribution >= 0.6 is 0 Å². The van der Waals surface area contributed by atoms with Crippen LogP contribution in [0.1, 0.15) is 19.8 Å². The van der Waals surface area contributed by atoms with Gasteiger partial charge in [-0.15, -0.1) is 5.73 Å². The molecular weight excluding hydrogens is 108 g/mol. The first-order valence-corrected chi connectivity index (χ1v) is 3.45. The van der Waals surface area contributed by atoms with Gasteiger partial charge in [-0.05, 0) is 30.9 Å². The van der Waals surface area contributed by atoms with Gasteiger partial charge in [0.2, 0.25) is 0 Å². The van der Waals surface area contributed by atoms with Gasteiger partial charge in [0.1, 0.15) is 0 Å². The van der Waals surface area contributed by atoms with Crippen molar-refractivity contribution in [1.29, 1.82) is 0 Å². The quantitative estimate of drug-likeness (QED) is 0.431. The number of hydrogen-bond acceptors (Lipinski definition) is 0. The molecule has 0 heteroatoms. The Balaban J connectivity index is 2.59. The van der Waals surface area contributed by atoms with Gasteiger partial charge in [-0.2, -0.15) is 0 Å².